The van der Waals surface area contributed by atoms with Gasteiger partial charge in [0.1, 0.15) is 5.82 Å². The third kappa shape index (κ3) is 2.56. The molecule has 3 heteroatoms. The number of likely N-dealkylation sites (tertiary alicyclic amines) is 1. The summed E-state index contributed by atoms with van der Waals surface area (Å²) >= 11 is 0. The van der Waals surface area contributed by atoms with E-state index in [1.165, 1.54) is 43.7 Å². The maximum atomic E-state index is 4.80. The maximum Gasteiger partial charge on any atom is 0.124 e. The molecule has 2 aromatic rings. The minimum absolute atomic E-state index is 0.837. The molecular weight excluding hydrogens is 234 g/mol. The maximum absolute atomic E-state index is 4.80. The molecular formula is C16H21N3. The van der Waals surface area contributed by atoms with E-state index in [1.807, 2.05) is 6.08 Å². The van der Waals surface area contributed by atoms with Gasteiger partial charge in [0, 0.05) is 6.54 Å². The molecule has 3 rings (SSSR count). The van der Waals surface area contributed by atoms with E-state index in [-0.39, 0.29) is 0 Å². The van der Waals surface area contributed by atoms with Crippen LogP contribution < -0.4 is 0 Å². The largest absolute Gasteiger partial charge is 0.323 e. The highest BCUT2D eigenvalue weighted by molar-refractivity contribution is 5.75. The van der Waals surface area contributed by atoms with E-state index in [2.05, 4.69) is 40.3 Å². The van der Waals surface area contributed by atoms with Gasteiger partial charge in [0.05, 0.1) is 17.6 Å². The summed E-state index contributed by atoms with van der Waals surface area (Å²) in [7, 11) is 0. The van der Waals surface area contributed by atoms with E-state index in [0.29, 0.717) is 0 Å². The normalized spacial score (nSPS) is 16.8. The van der Waals surface area contributed by atoms with Gasteiger partial charge in [0.2, 0.25) is 0 Å². The van der Waals surface area contributed by atoms with Crippen molar-refractivity contribution in [2.24, 2.45) is 0 Å². The van der Waals surface area contributed by atoms with Crippen LogP contribution in [-0.2, 0) is 13.1 Å². The second-order valence-electron chi connectivity index (χ2n) is 5.25. The zero-order valence-electron chi connectivity index (χ0n) is 11.4. The lowest BCUT2D eigenvalue weighted by Gasteiger charge is -2.26. The first-order valence-corrected chi connectivity index (χ1v) is 7.16. The molecule has 3 nitrogen and oxygen atoms in total. The van der Waals surface area contributed by atoms with Crippen molar-refractivity contribution in [2.45, 2.75) is 32.4 Å². The molecule has 0 bridgehead atoms. The topological polar surface area (TPSA) is 21.1 Å². The van der Waals surface area contributed by atoms with Gasteiger partial charge in [-0.2, -0.15) is 0 Å². The highest BCUT2D eigenvalue weighted by Crippen LogP contribution is 2.19. The van der Waals surface area contributed by atoms with Gasteiger partial charge >= 0.3 is 0 Å². The smallest absolute Gasteiger partial charge is 0.124 e. The van der Waals surface area contributed by atoms with E-state index < -0.39 is 0 Å². The van der Waals surface area contributed by atoms with Gasteiger partial charge in [-0.3, -0.25) is 4.90 Å². The van der Waals surface area contributed by atoms with Gasteiger partial charge in [-0.05, 0) is 38.1 Å². The molecule has 0 radical (unpaired) electrons. The summed E-state index contributed by atoms with van der Waals surface area (Å²) in [5.41, 5.74) is 2.31. The molecule has 1 aromatic heterocycles. The van der Waals surface area contributed by atoms with Crippen LogP contribution in [-0.4, -0.2) is 27.5 Å². The number of allylic oxidation sites excluding steroid dienone is 1. The predicted octanol–water partition coefficient (Wildman–Crippen LogP) is 3.21. The summed E-state index contributed by atoms with van der Waals surface area (Å²) < 4.78 is 2.29. The average molecular weight is 255 g/mol. The number of hydrogen-bond donors (Lipinski definition) is 0. The van der Waals surface area contributed by atoms with E-state index in [4.69, 9.17) is 4.98 Å². The van der Waals surface area contributed by atoms with Crippen LogP contribution in [0, 0.1) is 0 Å². The number of para-hydroxylation sites is 2. The Kier molecular flexibility index (Phi) is 3.65. The van der Waals surface area contributed by atoms with Gasteiger partial charge in [-0.1, -0.05) is 24.6 Å². The fraction of sp³-hybridized carbons (Fsp3) is 0.438. The Labute approximate surface area is 114 Å². The van der Waals surface area contributed by atoms with Crippen LogP contribution in [0.3, 0.4) is 0 Å². The van der Waals surface area contributed by atoms with Crippen molar-refractivity contribution in [1.29, 1.82) is 0 Å². The molecule has 1 fully saturated rings. The fourth-order valence-electron chi connectivity index (χ4n) is 2.90. The second-order valence-corrected chi connectivity index (χ2v) is 5.25. The molecule has 100 valence electrons. The van der Waals surface area contributed by atoms with Crippen molar-refractivity contribution in [2.75, 3.05) is 13.1 Å². The van der Waals surface area contributed by atoms with Crippen molar-refractivity contribution >= 4 is 11.0 Å². The number of imidazole rings is 1. The van der Waals surface area contributed by atoms with Crippen LogP contribution in [0.4, 0.5) is 0 Å². The van der Waals surface area contributed by atoms with Gasteiger partial charge in [-0.15, -0.1) is 6.58 Å². The van der Waals surface area contributed by atoms with Crippen LogP contribution in [0.1, 0.15) is 25.1 Å². The quantitative estimate of drug-likeness (QED) is 0.782. The highest BCUT2D eigenvalue weighted by Gasteiger charge is 2.15. The Hall–Kier alpha value is -1.61. The van der Waals surface area contributed by atoms with Crippen molar-refractivity contribution in [3.8, 4) is 0 Å². The van der Waals surface area contributed by atoms with Crippen LogP contribution in [0.2, 0.25) is 0 Å². The first kappa shape index (κ1) is 12.4. The number of rotatable bonds is 4. The van der Waals surface area contributed by atoms with E-state index >= 15 is 0 Å². The number of nitrogens with zero attached hydrogens (tertiary/aromatic N) is 3. The standard InChI is InChI=1S/C16H21N3/c1-2-10-19-15-9-5-4-8-14(15)17-16(19)13-18-11-6-3-7-12-18/h2,4-5,8-9H,1,3,6-7,10-13H2. The van der Waals surface area contributed by atoms with Gasteiger partial charge in [-0.25, -0.2) is 4.98 Å². The average Bonchev–Trinajstić information content (AvgIpc) is 2.79. The number of fused-ring (bicyclic) bond motifs is 1. The van der Waals surface area contributed by atoms with Gasteiger partial charge in [0.25, 0.3) is 0 Å². The third-order valence-corrected chi connectivity index (χ3v) is 3.86. The molecule has 0 atom stereocenters. The molecule has 0 unspecified atom stereocenters. The number of hydrogen-bond acceptors (Lipinski definition) is 2. The molecule has 0 aliphatic carbocycles. The van der Waals surface area contributed by atoms with Crippen LogP contribution in [0.5, 0.6) is 0 Å². The van der Waals surface area contributed by atoms with Crippen LogP contribution >= 0.6 is 0 Å². The minimum Gasteiger partial charge on any atom is -0.323 e. The van der Waals surface area contributed by atoms with Crippen molar-refractivity contribution < 1.29 is 0 Å². The molecule has 2 heterocycles. The molecule has 0 N–H and O–H groups in total. The lowest BCUT2D eigenvalue weighted by Crippen LogP contribution is -2.30. The monoisotopic (exact) mass is 255 g/mol. The summed E-state index contributed by atoms with van der Waals surface area (Å²) in [6, 6.07) is 8.37. The van der Waals surface area contributed by atoms with Crippen LogP contribution in [0.15, 0.2) is 36.9 Å². The van der Waals surface area contributed by atoms with E-state index in [9.17, 15) is 0 Å². The lowest BCUT2D eigenvalue weighted by molar-refractivity contribution is 0.214. The minimum atomic E-state index is 0.837. The van der Waals surface area contributed by atoms with Crippen molar-refractivity contribution in [1.82, 2.24) is 14.5 Å². The zero-order valence-corrected chi connectivity index (χ0v) is 11.4. The van der Waals surface area contributed by atoms with Crippen molar-refractivity contribution in [3.63, 3.8) is 0 Å². The molecule has 19 heavy (non-hydrogen) atoms. The van der Waals surface area contributed by atoms with Gasteiger partial charge in [0.15, 0.2) is 0 Å². The summed E-state index contributed by atoms with van der Waals surface area (Å²) in [6.45, 7) is 8.08. The Morgan fingerprint density at radius 2 is 1.95 bits per heavy atom. The Balaban J connectivity index is 1.92. The Bertz CT molecular complexity index is 564. The SMILES string of the molecule is C=CCn1c(CN2CCCCC2)nc2ccccc21. The first-order chi connectivity index (χ1) is 9.38. The van der Waals surface area contributed by atoms with Crippen LogP contribution in [0.25, 0.3) is 11.0 Å². The highest BCUT2D eigenvalue weighted by atomic mass is 15.2. The molecule has 1 saturated heterocycles. The van der Waals surface area contributed by atoms with Crippen molar-refractivity contribution in [3.05, 3.63) is 42.7 Å². The Morgan fingerprint density at radius 1 is 1.16 bits per heavy atom. The summed E-state index contributed by atoms with van der Waals surface area (Å²) in [5, 5.41) is 0. The molecule has 0 spiro atoms. The number of piperidine rings is 1. The fourth-order valence-corrected chi connectivity index (χ4v) is 2.90. The summed E-state index contributed by atoms with van der Waals surface area (Å²) in [4.78, 5) is 7.32. The molecule has 0 amide bonds. The van der Waals surface area contributed by atoms with E-state index in [1.54, 1.807) is 0 Å². The first-order valence-electron chi connectivity index (χ1n) is 7.16. The Morgan fingerprint density at radius 3 is 2.74 bits per heavy atom. The molecule has 1 aliphatic heterocycles. The molecule has 1 aliphatic rings. The number of benzene rings is 1. The van der Waals surface area contributed by atoms with Gasteiger partial charge < -0.3 is 4.57 Å². The summed E-state index contributed by atoms with van der Waals surface area (Å²) in [5.74, 6) is 1.17. The second kappa shape index (κ2) is 5.57. The molecule has 0 saturated carbocycles. The predicted molar refractivity (Wildman–Crippen MR) is 79.1 cm³/mol. The third-order valence-electron chi connectivity index (χ3n) is 3.86. The number of aromatic nitrogens is 2. The lowest BCUT2D eigenvalue weighted by atomic mass is 10.1. The van der Waals surface area contributed by atoms with E-state index in [0.717, 1.165) is 18.6 Å². The zero-order chi connectivity index (χ0) is 13.1. The molecule has 1 aromatic carbocycles. The summed E-state index contributed by atoms with van der Waals surface area (Å²) in [6.07, 6.45) is 5.97.